The molecule has 2 heterocycles. The highest BCUT2D eigenvalue weighted by Gasteiger charge is 2.07. The molecule has 0 saturated carbocycles. The van der Waals surface area contributed by atoms with Gasteiger partial charge in [0.25, 0.3) is 0 Å². The van der Waals surface area contributed by atoms with E-state index >= 15 is 0 Å². The van der Waals surface area contributed by atoms with E-state index < -0.39 is 0 Å². The van der Waals surface area contributed by atoms with Crippen LogP contribution >= 0.6 is 22.7 Å². The van der Waals surface area contributed by atoms with Gasteiger partial charge in [0.05, 0.1) is 15.6 Å². The van der Waals surface area contributed by atoms with Gasteiger partial charge in [0.1, 0.15) is 5.82 Å². The Morgan fingerprint density at radius 1 is 1.24 bits per heavy atom. The third-order valence-corrected chi connectivity index (χ3v) is 5.70. The van der Waals surface area contributed by atoms with Crippen LogP contribution in [0.4, 0.5) is 4.39 Å². The van der Waals surface area contributed by atoms with Crippen molar-refractivity contribution in [3.05, 3.63) is 63.0 Å². The third kappa shape index (κ3) is 5.21. The highest BCUT2D eigenvalue weighted by molar-refractivity contribution is 7.16. The lowest BCUT2D eigenvalue weighted by Crippen LogP contribution is -2.25. The van der Waals surface area contributed by atoms with Crippen molar-refractivity contribution >= 4 is 28.6 Å². The number of nitrogens with one attached hydrogen (secondary N) is 1. The van der Waals surface area contributed by atoms with Gasteiger partial charge in [-0.3, -0.25) is 4.79 Å². The molecule has 1 N–H and O–H groups in total. The van der Waals surface area contributed by atoms with Crippen molar-refractivity contribution in [2.45, 2.75) is 26.2 Å². The summed E-state index contributed by atoms with van der Waals surface area (Å²) in [5, 5.41) is 6.06. The molecule has 0 aliphatic carbocycles. The fourth-order valence-electron chi connectivity index (χ4n) is 2.49. The number of thiazole rings is 1. The second-order valence-electron chi connectivity index (χ2n) is 5.75. The molecule has 1 amide bonds. The van der Waals surface area contributed by atoms with Crippen molar-refractivity contribution in [1.29, 1.82) is 0 Å². The molecule has 0 aliphatic rings. The lowest BCUT2D eigenvalue weighted by atomic mass is 10.1. The van der Waals surface area contributed by atoms with Gasteiger partial charge in [0, 0.05) is 23.2 Å². The fraction of sp³-hybridized carbons (Fsp3) is 0.263. The molecule has 3 aromatic rings. The standard InChI is InChI=1S/C19H19FN2OS2/c1-13-22-17(12-24-13)18-7-6-16(25-18)9-10-21-19(23)8-5-14-3-2-4-15(20)11-14/h2-4,6-7,11-12H,5,8-10H2,1H3,(H,21,23). The van der Waals surface area contributed by atoms with Crippen molar-refractivity contribution in [2.24, 2.45) is 0 Å². The number of nitrogens with zero attached hydrogens (tertiary/aromatic N) is 1. The average Bonchev–Trinajstić information content (AvgIpc) is 3.22. The maximum atomic E-state index is 13.1. The van der Waals surface area contributed by atoms with Crippen molar-refractivity contribution in [2.75, 3.05) is 6.54 Å². The zero-order valence-electron chi connectivity index (χ0n) is 13.9. The Morgan fingerprint density at radius 2 is 2.12 bits per heavy atom. The van der Waals surface area contributed by atoms with Gasteiger partial charge in [0.15, 0.2) is 0 Å². The molecule has 0 atom stereocenters. The molecule has 0 aliphatic heterocycles. The Kier molecular flexibility index (Phi) is 5.94. The fourth-order valence-corrected chi connectivity index (χ4v) is 4.15. The Bertz CT molecular complexity index is 856. The van der Waals surface area contributed by atoms with E-state index in [4.69, 9.17) is 0 Å². The van der Waals surface area contributed by atoms with Crippen LogP contribution in [0.15, 0.2) is 41.8 Å². The number of carbonyl (C=O) groups excluding carboxylic acids is 1. The van der Waals surface area contributed by atoms with Crippen molar-refractivity contribution in [3.8, 4) is 10.6 Å². The summed E-state index contributed by atoms with van der Waals surface area (Å²) >= 11 is 3.36. The number of benzene rings is 1. The molecule has 0 saturated heterocycles. The zero-order valence-corrected chi connectivity index (χ0v) is 15.6. The molecular weight excluding hydrogens is 355 g/mol. The van der Waals surface area contributed by atoms with Crippen LogP contribution in [0.1, 0.15) is 21.9 Å². The van der Waals surface area contributed by atoms with E-state index in [0.717, 1.165) is 27.6 Å². The lowest BCUT2D eigenvalue weighted by molar-refractivity contribution is -0.121. The second-order valence-corrected chi connectivity index (χ2v) is 7.98. The number of aryl methyl sites for hydroxylation is 2. The first kappa shape index (κ1) is 17.8. The number of carbonyl (C=O) groups is 1. The summed E-state index contributed by atoms with van der Waals surface area (Å²) in [6, 6.07) is 10.6. The molecule has 25 heavy (non-hydrogen) atoms. The molecule has 0 spiro atoms. The number of halogens is 1. The van der Waals surface area contributed by atoms with E-state index in [9.17, 15) is 9.18 Å². The summed E-state index contributed by atoms with van der Waals surface area (Å²) < 4.78 is 13.1. The van der Waals surface area contributed by atoms with Gasteiger partial charge in [-0.05, 0) is 49.6 Å². The Hall–Kier alpha value is -2.05. The number of hydrogen-bond acceptors (Lipinski definition) is 4. The monoisotopic (exact) mass is 374 g/mol. The first-order valence-electron chi connectivity index (χ1n) is 8.12. The lowest BCUT2D eigenvalue weighted by Gasteiger charge is -2.04. The van der Waals surface area contributed by atoms with Crippen molar-refractivity contribution < 1.29 is 9.18 Å². The van der Waals surface area contributed by atoms with Crippen LogP contribution in [0.2, 0.25) is 0 Å². The van der Waals surface area contributed by atoms with Gasteiger partial charge >= 0.3 is 0 Å². The minimum Gasteiger partial charge on any atom is -0.356 e. The predicted molar refractivity (Wildman–Crippen MR) is 102 cm³/mol. The largest absolute Gasteiger partial charge is 0.356 e. The first-order chi connectivity index (χ1) is 12.1. The van der Waals surface area contributed by atoms with E-state index in [1.54, 1.807) is 28.7 Å². The topological polar surface area (TPSA) is 42.0 Å². The smallest absolute Gasteiger partial charge is 0.220 e. The summed E-state index contributed by atoms with van der Waals surface area (Å²) in [6.45, 7) is 2.61. The average molecular weight is 375 g/mol. The maximum Gasteiger partial charge on any atom is 0.220 e. The van der Waals surface area contributed by atoms with Crippen LogP contribution in [0, 0.1) is 12.7 Å². The summed E-state index contributed by atoms with van der Waals surface area (Å²) in [5.41, 5.74) is 1.87. The van der Waals surface area contributed by atoms with E-state index in [1.807, 2.05) is 13.0 Å². The molecule has 3 nitrogen and oxygen atoms in total. The molecule has 0 fully saturated rings. The summed E-state index contributed by atoms with van der Waals surface area (Å²) in [6.07, 6.45) is 1.73. The number of amides is 1. The highest BCUT2D eigenvalue weighted by Crippen LogP contribution is 2.29. The normalized spacial score (nSPS) is 10.8. The molecule has 0 bridgehead atoms. The summed E-state index contributed by atoms with van der Waals surface area (Å²) in [4.78, 5) is 18.8. The van der Waals surface area contributed by atoms with E-state index in [0.29, 0.717) is 19.4 Å². The summed E-state index contributed by atoms with van der Waals surface area (Å²) in [5.74, 6) is -0.266. The van der Waals surface area contributed by atoms with Crippen LogP contribution < -0.4 is 5.32 Å². The molecule has 0 unspecified atom stereocenters. The van der Waals surface area contributed by atoms with Crippen LogP contribution in [-0.2, 0) is 17.6 Å². The molecule has 6 heteroatoms. The minimum atomic E-state index is -0.262. The second kappa shape index (κ2) is 8.36. The molecule has 2 aromatic heterocycles. The third-order valence-electron chi connectivity index (χ3n) is 3.76. The van der Waals surface area contributed by atoms with Gasteiger partial charge in [-0.1, -0.05) is 12.1 Å². The SMILES string of the molecule is Cc1nc(-c2ccc(CCNC(=O)CCc3cccc(F)c3)s2)cs1. The summed E-state index contributed by atoms with van der Waals surface area (Å²) in [7, 11) is 0. The van der Waals surface area contributed by atoms with Gasteiger partial charge in [-0.15, -0.1) is 22.7 Å². The minimum absolute atomic E-state index is 0.00355. The molecule has 1 aromatic carbocycles. The number of aromatic nitrogens is 1. The number of rotatable bonds is 7. The highest BCUT2D eigenvalue weighted by atomic mass is 32.1. The van der Waals surface area contributed by atoms with Crippen LogP contribution in [0.3, 0.4) is 0 Å². The molecule has 3 rings (SSSR count). The van der Waals surface area contributed by atoms with E-state index in [2.05, 4.69) is 27.8 Å². The van der Waals surface area contributed by atoms with E-state index in [1.165, 1.54) is 17.0 Å². The maximum absolute atomic E-state index is 13.1. The zero-order chi connectivity index (χ0) is 17.6. The van der Waals surface area contributed by atoms with Crippen molar-refractivity contribution in [3.63, 3.8) is 0 Å². The first-order valence-corrected chi connectivity index (χ1v) is 9.82. The van der Waals surface area contributed by atoms with Gasteiger partial charge in [-0.25, -0.2) is 9.37 Å². The van der Waals surface area contributed by atoms with E-state index in [-0.39, 0.29) is 11.7 Å². The van der Waals surface area contributed by atoms with Gasteiger partial charge < -0.3 is 5.32 Å². The van der Waals surface area contributed by atoms with Crippen LogP contribution in [0.5, 0.6) is 0 Å². The van der Waals surface area contributed by atoms with Gasteiger partial charge in [-0.2, -0.15) is 0 Å². The quantitative estimate of drug-likeness (QED) is 0.656. The molecular formula is C19H19FN2OS2. The van der Waals surface area contributed by atoms with Gasteiger partial charge in [0.2, 0.25) is 5.91 Å². The van der Waals surface area contributed by atoms with Crippen LogP contribution in [0.25, 0.3) is 10.6 Å². The number of thiophene rings is 1. The van der Waals surface area contributed by atoms with Crippen LogP contribution in [-0.4, -0.2) is 17.4 Å². The molecule has 0 radical (unpaired) electrons. The molecule has 130 valence electrons. The Balaban J connectivity index is 1.42. The Labute approximate surface area is 154 Å². The Morgan fingerprint density at radius 3 is 2.88 bits per heavy atom. The predicted octanol–water partition coefficient (Wildman–Crippen LogP) is 4.61. The van der Waals surface area contributed by atoms with Crippen molar-refractivity contribution in [1.82, 2.24) is 10.3 Å². The number of hydrogen-bond donors (Lipinski definition) is 1.